The summed E-state index contributed by atoms with van der Waals surface area (Å²) in [4.78, 5) is 11.4. The first-order valence-corrected chi connectivity index (χ1v) is 4.73. The second-order valence-electron chi connectivity index (χ2n) is 2.87. The predicted molar refractivity (Wildman–Crippen MR) is 47.4 cm³/mol. The Morgan fingerprint density at radius 1 is 1.62 bits per heavy atom. The van der Waals surface area contributed by atoms with Crippen LogP contribution in [0.5, 0.6) is 0 Å². The molecule has 0 saturated heterocycles. The third-order valence-corrected chi connectivity index (χ3v) is 3.30. The van der Waals surface area contributed by atoms with Crippen LogP contribution in [0.4, 0.5) is 4.39 Å². The van der Waals surface area contributed by atoms with E-state index in [4.69, 9.17) is 5.11 Å². The van der Waals surface area contributed by atoms with Crippen molar-refractivity contribution in [3.05, 3.63) is 29.6 Å². The number of halogens is 1. The zero-order valence-electron chi connectivity index (χ0n) is 6.66. The van der Waals surface area contributed by atoms with Crippen LogP contribution in [-0.2, 0) is 11.2 Å². The van der Waals surface area contributed by atoms with Crippen molar-refractivity contribution in [3.63, 3.8) is 0 Å². The van der Waals surface area contributed by atoms with Gasteiger partial charge in [0.15, 0.2) is 0 Å². The minimum atomic E-state index is -0.874. The first-order valence-electron chi connectivity index (χ1n) is 3.85. The normalized spacial score (nSPS) is 19.9. The lowest BCUT2D eigenvalue weighted by molar-refractivity contribution is -0.136. The minimum Gasteiger partial charge on any atom is -0.480 e. The van der Waals surface area contributed by atoms with Gasteiger partial charge in [0.1, 0.15) is 11.1 Å². The van der Waals surface area contributed by atoms with Crippen LogP contribution in [0.1, 0.15) is 5.56 Å². The maximum Gasteiger partial charge on any atom is 0.317 e. The van der Waals surface area contributed by atoms with E-state index in [1.807, 2.05) is 0 Å². The van der Waals surface area contributed by atoms with E-state index in [0.29, 0.717) is 12.0 Å². The van der Waals surface area contributed by atoms with Crippen molar-refractivity contribution in [3.8, 4) is 0 Å². The molecule has 1 aromatic rings. The number of carboxylic acid groups (broad SMARTS) is 1. The summed E-state index contributed by atoms with van der Waals surface area (Å²) < 4.78 is 13.1. The first-order chi connectivity index (χ1) is 6.18. The van der Waals surface area contributed by atoms with Gasteiger partial charge >= 0.3 is 5.97 Å². The van der Waals surface area contributed by atoms with Crippen LogP contribution >= 0.6 is 11.8 Å². The van der Waals surface area contributed by atoms with Gasteiger partial charge in [-0.25, -0.2) is 4.39 Å². The molecule has 4 heteroatoms. The van der Waals surface area contributed by atoms with Crippen LogP contribution in [0.15, 0.2) is 23.1 Å². The molecule has 1 aromatic carbocycles. The van der Waals surface area contributed by atoms with Crippen molar-refractivity contribution in [2.45, 2.75) is 16.6 Å². The van der Waals surface area contributed by atoms with E-state index in [1.165, 1.54) is 17.8 Å². The van der Waals surface area contributed by atoms with Crippen LogP contribution < -0.4 is 0 Å². The monoisotopic (exact) mass is 198 g/mol. The fourth-order valence-corrected chi connectivity index (χ4v) is 2.50. The summed E-state index contributed by atoms with van der Waals surface area (Å²) in [5, 5.41) is 8.21. The number of hydrogen-bond donors (Lipinski definition) is 1. The second kappa shape index (κ2) is 3.03. The van der Waals surface area contributed by atoms with Crippen molar-refractivity contribution >= 4 is 17.7 Å². The molecule has 1 atom stereocenters. The van der Waals surface area contributed by atoms with Gasteiger partial charge in [0.05, 0.1) is 0 Å². The number of fused-ring (bicyclic) bond motifs is 1. The Hall–Kier alpha value is -1.03. The fourth-order valence-electron chi connectivity index (χ4n) is 1.37. The van der Waals surface area contributed by atoms with E-state index in [2.05, 4.69) is 0 Å². The number of rotatable bonds is 1. The number of thioether (sulfide) groups is 1. The molecule has 13 heavy (non-hydrogen) atoms. The Morgan fingerprint density at radius 3 is 3.00 bits per heavy atom. The molecule has 0 bridgehead atoms. The maximum atomic E-state index is 13.1. The molecule has 0 radical (unpaired) electrons. The van der Waals surface area contributed by atoms with E-state index >= 15 is 0 Å². The highest BCUT2D eigenvalue weighted by atomic mass is 32.2. The molecular weight excluding hydrogens is 191 g/mol. The van der Waals surface area contributed by atoms with Crippen LogP contribution in [0.25, 0.3) is 0 Å². The summed E-state index contributed by atoms with van der Waals surface area (Å²) in [6.45, 7) is 0. The van der Waals surface area contributed by atoms with Gasteiger partial charge in [-0.05, 0) is 18.6 Å². The highest BCUT2D eigenvalue weighted by Gasteiger charge is 2.29. The average Bonchev–Trinajstić information content (AvgIpc) is 2.49. The summed E-state index contributed by atoms with van der Waals surface area (Å²) in [5.74, 6) is -1.17. The van der Waals surface area contributed by atoms with Crippen LogP contribution in [0, 0.1) is 5.82 Å². The van der Waals surface area contributed by atoms with Crippen molar-refractivity contribution in [1.82, 2.24) is 0 Å². The molecule has 1 aliphatic rings. The van der Waals surface area contributed by atoms with Crippen LogP contribution in [0.3, 0.4) is 0 Å². The molecule has 0 aromatic heterocycles. The van der Waals surface area contributed by atoms with Crippen molar-refractivity contribution in [2.24, 2.45) is 0 Å². The predicted octanol–water partition coefficient (Wildman–Crippen LogP) is 1.93. The third-order valence-electron chi connectivity index (χ3n) is 2.01. The molecule has 2 rings (SSSR count). The topological polar surface area (TPSA) is 37.3 Å². The lowest BCUT2D eigenvalue weighted by Gasteiger charge is -1.98. The van der Waals surface area contributed by atoms with Crippen molar-refractivity contribution in [2.75, 3.05) is 0 Å². The molecule has 0 amide bonds. The van der Waals surface area contributed by atoms with Gasteiger partial charge in [-0.15, -0.1) is 11.8 Å². The molecular formula is C9H7FO2S. The third kappa shape index (κ3) is 1.42. The van der Waals surface area contributed by atoms with Gasteiger partial charge in [-0.2, -0.15) is 0 Å². The number of hydrogen-bond acceptors (Lipinski definition) is 2. The largest absolute Gasteiger partial charge is 0.480 e. The summed E-state index contributed by atoms with van der Waals surface area (Å²) >= 11 is 1.22. The van der Waals surface area contributed by atoms with Gasteiger partial charge in [0, 0.05) is 10.5 Å². The van der Waals surface area contributed by atoms with Crippen LogP contribution in [-0.4, -0.2) is 16.3 Å². The molecule has 2 nitrogen and oxygen atoms in total. The second-order valence-corrected chi connectivity index (χ2v) is 4.11. The van der Waals surface area contributed by atoms with Gasteiger partial charge < -0.3 is 5.11 Å². The lowest BCUT2D eigenvalue weighted by atomic mass is 10.1. The Balaban J connectivity index is 2.35. The minimum absolute atomic E-state index is 0.294. The molecule has 1 N–H and O–H groups in total. The first kappa shape index (κ1) is 8.56. The molecule has 1 aliphatic heterocycles. The smallest absolute Gasteiger partial charge is 0.317 e. The molecule has 0 aliphatic carbocycles. The summed E-state index contributed by atoms with van der Waals surface area (Å²) in [5.41, 5.74) is 0.542. The Morgan fingerprint density at radius 2 is 2.38 bits per heavy atom. The van der Waals surface area contributed by atoms with Crippen molar-refractivity contribution in [1.29, 1.82) is 0 Å². The van der Waals surface area contributed by atoms with Gasteiger partial charge in [-0.1, -0.05) is 6.07 Å². The van der Waals surface area contributed by atoms with E-state index < -0.39 is 11.2 Å². The number of aliphatic carboxylic acids is 1. The molecule has 68 valence electrons. The summed E-state index contributed by atoms with van der Waals surface area (Å²) in [6.07, 6.45) is 0.294. The van der Waals surface area contributed by atoms with E-state index in [9.17, 15) is 9.18 Å². The molecule has 0 spiro atoms. The standard InChI is InChI=1S/C9H7FO2S/c10-6-2-1-3-7-5(6)4-8(13-7)9(11)12/h1-3,8H,4H2,(H,11,12)/t8-/m1/s1. The zero-order valence-corrected chi connectivity index (χ0v) is 7.47. The van der Waals surface area contributed by atoms with E-state index in [-0.39, 0.29) is 5.82 Å². The highest BCUT2D eigenvalue weighted by Crippen LogP contribution is 2.38. The number of carboxylic acids is 1. The number of carbonyl (C=O) groups is 1. The van der Waals surface area contributed by atoms with Gasteiger partial charge in [0.2, 0.25) is 0 Å². The molecule has 1 heterocycles. The quantitative estimate of drug-likeness (QED) is 0.749. The maximum absolute atomic E-state index is 13.1. The van der Waals surface area contributed by atoms with Crippen LogP contribution in [0.2, 0.25) is 0 Å². The van der Waals surface area contributed by atoms with E-state index in [0.717, 1.165) is 4.90 Å². The van der Waals surface area contributed by atoms with E-state index in [1.54, 1.807) is 12.1 Å². The highest BCUT2D eigenvalue weighted by molar-refractivity contribution is 8.01. The van der Waals surface area contributed by atoms with Gasteiger partial charge in [0.25, 0.3) is 0 Å². The Labute approximate surface area is 78.8 Å². The Kier molecular flexibility index (Phi) is 2.00. The van der Waals surface area contributed by atoms with Gasteiger partial charge in [-0.3, -0.25) is 4.79 Å². The lowest BCUT2D eigenvalue weighted by Crippen LogP contribution is -2.14. The average molecular weight is 198 g/mol. The molecule has 0 fully saturated rings. The molecule has 0 saturated carbocycles. The SMILES string of the molecule is O=C(O)[C@H]1Cc2c(F)cccc2S1. The fraction of sp³-hybridized carbons (Fsp3) is 0.222. The summed E-state index contributed by atoms with van der Waals surface area (Å²) in [7, 11) is 0. The molecule has 0 unspecified atom stereocenters. The zero-order chi connectivity index (χ0) is 9.42. The van der Waals surface area contributed by atoms with Crippen molar-refractivity contribution < 1.29 is 14.3 Å². The Bertz CT molecular complexity index is 365. The number of benzene rings is 1. The summed E-state index contributed by atoms with van der Waals surface area (Å²) in [6, 6.07) is 4.72.